The maximum absolute atomic E-state index is 4.30. The van der Waals surface area contributed by atoms with Gasteiger partial charge in [0.05, 0.1) is 0 Å². The summed E-state index contributed by atoms with van der Waals surface area (Å²) in [6.45, 7) is 0. The van der Waals surface area contributed by atoms with Crippen molar-refractivity contribution < 1.29 is 8.02 Å². The number of hydrogen-bond acceptors (Lipinski definition) is 2. The highest BCUT2D eigenvalue weighted by atomic mass is 127. The van der Waals surface area contributed by atoms with Gasteiger partial charge < -0.3 is 4.81 Å². The van der Waals surface area contributed by atoms with Crippen molar-refractivity contribution in [2.24, 2.45) is 0 Å². The van der Waals surface area contributed by atoms with Crippen LogP contribution in [0.5, 0.6) is 0 Å². The molecule has 0 heterocycles. The third kappa shape index (κ3) is 2.71. The van der Waals surface area contributed by atoms with Gasteiger partial charge in [-0.15, -0.1) is 0 Å². The highest BCUT2D eigenvalue weighted by Gasteiger charge is 1.54. The van der Waals surface area contributed by atoms with Gasteiger partial charge >= 0.3 is 8.05 Å². The van der Waals surface area contributed by atoms with Gasteiger partial charge in [0.25, 0.3) is 0 Å². The van der Waals surface area contributed by atoms with Crippen LogP contribution in [-0.4, -0.2) is 8.05 Å². The van der Waals surface area contributed by atoms with E-state index < -0.39 is 0 Å². The molecule has 0 aliphatic rings. The van der Waals surface area contributed by atoms with E-state index in [2.05, 4.69) is 16.1 Å². The predicted octanol–water partition coefficient (Wildman–Crippen LogP) is 0.368. The summed E-state index contributed by atoms with van der Waals surface area (Å²) in [7, 11) is 4.30. The molecule has 0 bridgehead atoms. The smallest absolute Gasteiger partial charge is 0.308 e. The summed E-state index contributed by atoms with van der Waals surface area (Å²) in [5, 5.41) is 0. The van der Waals surface area contributed by atoms with Crippen LogP contribution < -0.4 is 0 Å². The molecule has 0 saturated heterocycles. The van der Waals surface area contributed by atoms with Crippen LogP contribution >= 0.6 is 23.0 Å². The van der Waals surface area contributed by atoms with E-state index in [1.165, 1.54) is 23.0 Å². The van der Waals surface area contributed by atoms with Gasteiger partial charge in [-0.1, -0.05) is 0 Å². The molecule has 0 rings (SSSR count). The predicted molar refractivity (Wildman–Crippen MR) is 21.9 cm³/mol. The molecular weight excluding hydrogens is 170 g/mol. The first-order chi connectivity index (χ1) is 1.91. The van der Waals surface area contributed by atoms with Crippen molar-refractivity contribution in [3.63, 3.8) is 0 Å². The Kier molecular flexibility index (Phi) is 4.38. The van der Waals surface area contributed by atoms with Crippen LogP contribution in [0, 0.1) is 0 Å². The Labute approximate surface area is 39.5 Å². The van der Waals surface area contributed by atoms with Crippen molar-refractivity contribution in [2.75, 3.05) is 0 Å². The molecule has 0 fully saturated rings. The third-order valence-corrected chi connectivity index (χ3v) is 0.244. The van der Waals surface area contributed by atoms with E-state index in [-0.39, 0.29) is 0 Å². The molecule has 0 aromatic heterocycles. The van der Waals surface area contributed by atoms with Gasteiger partial charge in [-0.2, -0.15) is 3.22 Å². The van der Waals surface area contributed by atoms with Crippen molar-refractivity contribution in [2.45, 2.75) is 0 Å². The van der Waals surface area contributed by atoms with Crippen LogP contribution in [-0.2, 0) is 8.02 Å². The average molecular weight is 170 g/mol. The van der Waals surface area contributed by atoms with E-state index in [1.807, 2.05) is 0 Å². The molecule has 0 saturated carbocycles. The van der Waals surface area contributed by atoms with E-state index in [0.29, 0.717) is 0 Å². The zero-order chi connectivity index (χ0) is 3.41. The van der Waals surface area contributed by atoms with Crippen molar-refractivity contribution >= 4 is 31.1 Å². The molecule has 0 amide bonds. The van der Waals surface area contributed by atoms with E-state index in [0.717, 1.165) is 0 Å². The van der Waals surface area contributed by atoms with Gasteiger partial charge in [0.2, 0.25) is 0 Å². The van der Waals surface area contributed by atoms with Crippen LogP contribution in [0.25, 0.3) is 0 Å². The van der Waals surface area contributed by atoms with E-state index in [1.54, 1.807) is 0 Å². The summed E-state index contributed by atoms with van der Waals surface area (Å²) in [6.07, 6.45) is 0. The first-order valence-electron chi connectivity index (χ1n) is 0.557. The lowest BCUT2D eigenvalue weighted by Crippen LogP contribution is -1.67. The molecule has 0 aliphatic carbocycles. The minimum Gasteiger partial charge on any atom is -0.308 e. The van der Waals surface area contributed by atoms with Crippen molar-refractivity contribution in [1.29, 1.82) is 0 Å². The maximum atomic E-state index is 4.30. The Hall–Kier alpha value is 0.715. The molecule has 0 aromatic carbocycles. The summed E-state index contributed by atoms with van der Waals surface area (Å²) in [5.41, 5.74) is 0. The molecule has 4 heteroatoms. The van der Waals surface area contributed by atoms with Crippen molar-refractivity contribution in [3.8, 4) is 0 Å². The van der Waals surface area contributed by atoms with Crippen LogP contribution in [0.2, 0.25) is 0 Å². The zero-order valence-electron chi connectivity index (χ0n) is 1.77. The minimum absolute atomic E-state index is 1.50. The standard InChI is InChI=1S/BIO2/c1-3-4-2. The molecule has 2 radical (unpaired) electrons. The second kappa shape index (κ2) is 3.71. The molecule has 0 N–H and O–H groups in total. The van der Waals surface area contributed by atoms with Crippen LogP contribution in [0.3, 0.4) is 0 Å². The van der Waals surface area contributed by atoms with Crippen LogP contribution in [0.1, 0.15) is 0 Å². The van der Waals surface area contributed by atoms with Gasteiger partial charge in [-0.3, -0.25) is 0 Å². The molecule has 2 nitrogen and oxygen atoms in total. The van der Waals surface area contributed by atoms with E-state index in [4.69, 9.17) is 0 Å². The summed E-state index contributed by atoms with van der Waals surface area (Å²) in [5.74, 6) is 0. The highest BCUT2D eigenvalue weighted by molar-refractivity contribution is 14.1. The third-order valence-electron chi connectivity index (χ3n) is 0.0364. The molecule has 4 heavy (non-hydrogen) atoms. The Balaban J connectivity index is 1.97. The Morgan fingerprint density at radius 1 is 1.75 bits per heavy atom. The van der Waals surface area contributed by atoms with E-state index >= 15 is 0 Å². The Morgan fingerprint density at radius 3 is 2.00 bits per heavy atom. The first kappa shape index (κ1) is 4.71. The molecule has 0 spiro atoms. The maximum Gasteiger partial charge on any atom is 0.339 e. The number of hydrogen-bond donors (Lipinski definition) is 0. The monoisotopic (exact) mass is 170 g/mol. The summed E-state index contributed by atoms with van der Waals surface area (Å²) < 4.78 is 3.79. The lowest BCUT2D eigenvalue weighted by Gasteiger charge is -1.75. The van der Waals surface area contributed by atoms with Gasteiger partial charge in [0, 0.05) is 0 Å². The fourth-order valence-electron chi connectivity index (χ4n) is 0. The molecule has 0 aromatic rings. The quantitative estimate of drug-likeness (QED) is 0.245. The fraction of sp³-hybridized carbons (Fsp3) is 0. The SMILES string of the molecule is [B]OOI. The van der Waals surface area contributed by atoms with Gasteiger partial charge in [0.15, 0.2) is 23.0 Å². The van der Waals surface area contributed by atoms with E-state index in [9.17, 15) is 0 Å². The largest absolute Gasteiger partial charge is 0.339 e. The van der Waals surface area contributed by atoms with Crippen LogP contribution in [0.15, 0.2) is 0 Å². The minimum atomic E-state index is 1.50. The molecular formula is BIO2. The second-order valence-electron chi connectivity index (χ2n) is 0.159. The van der Waals surface area contributed by atoms with Gasteiger partial charge in [-0.25, -0.2) is 0 Å². The van der Waals surface area contributed by atoms with Gasteiger partial charge in [-0.05, 0) is 0 Å². The fourth-order valence-corrected chi connectivity index (χ4v) is 0. The topological polar surface area (TPSA) is 18.5 Å². The van der Waals surface area contributed by atoms with Crippen LogP contribution in [0.4, 0.5) is 0 Å². The molecule has 0 unspecified atom stereocenters. The average Bonchev–Trinajstić information content (AvgIpc) is 1.37. The highest BCUT2D eigenvalue weighted by Crippen LogP contribution is 1.78. The Bertz CT molecular complexity index is 8.00. The first-order valence-corrected chi connectivity index (χ1v) is 1.44. The molecule has 0 aliphatic heterocycles. The van der Waals surface area contributed by atoms with Crippen molar-refractivity contribution in [1.82, 2.24) is 0 Å². The normalized spacial score (nSPS) is 7.25. The van der Waals surface area contributed by atoms with Gasteiger partial charge in [0.1, 0.15) is 0 Å². The van der Waals surface area contributed by atoms with Crippen molar-refractivity contribution in [3.05, 3.63) is 0 Å². The zero-order valence-corrected chi connectivity index (χ0v) is 3.93. The lowest BCUT2D eigenvalue weighted by molar-refractivity contribution is -0.0380. The molecule has 22 valence electrons. The Morgan fingerprint density at radius 2 is 2.00 bits per heavy atom. The summed E-state index contributed by atoms with van der Waals surface area (Å²) in [4.78, 5) is 3.53. The number of rotatable bonds is 1. The summed E-state index contributed by atoms with van der Waals surface area (Å²) >= 11 is 1.50. The molecule has 0 atom stereocenters. The summed E-state index contributed by atoms with van der Waals surface area (Å²) in [6, 6.07) is 0. The second-order valence-corrected chi connectivity index (χ2v) is 0.519. The number of halogens is 1. The lowest BCUT2D eigenvalue weighted by atomic mass is 10.6.